The zero-order chi connectivity index (χ0) is 15.0. The molecule has 0 saturated heterocycles. The van der Waals surface area contributed by atoms with Gasteiger partial charge in [-0.15, -0.1) is 0 Å². The van der Waals surface area contributed by atoms with E-state index in [-0.39, 0.29) is 15.7 Å². The Morgan fingerprint density at radius 3 is 2.14 bits per heavy atom. The predicted molar refractivity (Wildman–Crippen MR) is 80.1 cm³/mol. The van der Waals surface area contributed by atoms with E-state index in [4.69, 9.17) is 0 Å². The van der Waals surface area contributed by atoms with Gasteiger partial charge in [-0.1, -0.05) is 36.4 Å². The molecule has 2 aromatic rings. The molecule has 0 bridgehead atoms. The Morgan fingerprint density at radius 1 is 0.905 bits per heavy atom. The van der Waals surface area contributed by atoms with E-state index >= 15 is 0 Å². The van der Waals surface area contributed by atoms with Crippen LogP contribution in [0.5, 0.6) is 0 Å². The van der Waals surface area contributed by atoms with Gasteiger partial charge in [-0.05, 0) is 25.1 Å². The van der Waals surface area contributed by atoms with Crippen LogP contribution in [-0.2, 0) is 9.84 Å². The molecule has 3 rings (SSSR count). The minimum absolute atomic E-state index is 0.145. The summed E-state index contributed by atoms with van der Waals surface area (Å²) in [7, 11) is -3.62. The fourth-order valence-electron chi connectivity index (χ4n) is 2.34. The Balaban J connectivity index is 2.19. The lowest BCUT2D eigenvalue weighted by molar-refractivity contribution is 0.0981. The molecular formula is C16H13NO3S. The van der Waals surface area contributed by atoms with Crippen LogP contribution in [0.25, 0.3) is 5.70 Å². The first-order chi connectivity index (χ1) is 10.0. The molecule has 0 saturated carbocycles. The number of hydrogen-bond acceptors (Lipinski definition) is 3. The van der Waals surface area contributed by atoms with Gasteiger partial charge >= 0.3 is 0 Å². The minimum atomic E-state index is -3.62. The van der Waals surface area contributed by atoms with Crippen molar-refractivity contribution < 1.29 is 13.2 Å². The lowest BCUT2D eigenvalue weighted by Gasteiger charge is -2.09. The topological polar surface area (TPSA) is 63.2 Å². The molecule has 0 unspecified atom stereocenters. The summed E-state index contributed by atoms with van der Waals surface area (Å²) in [6.07, 6.45) is 0. The molecule has 0 radical (unpaired) electrons. The van der Waals surface area contributed by atoms with Crippen molar-refractivity contribution in [3.05, 3.63) is 70.6 Å². The van der Waals surface area contributed by atoms with Gasteiger partial charge in [0.25, 0.3) is 5.91 Å². The number of nitrogens with one attached hydrogen (secondary N) is 1. The molecule has 21 heavy (non-hydrogen) atoms. The van der Waals surface area contributed by atoms with E-state index in [0.717, 1.165) is 0 Å². The van der Waals surface area contributed by atoms with Gasteiger partial charge in [-0.3, -0.25) is 4.79 Å². The van der Waals surface area contributed by atoms with Crippen molar-refractivity contribution in [3.63, 3.8) is 0 Å². The second-order valence-corrected chi connectivity index (χ2v) is 6.84. The number of hydrogen-bond donors (Lipinski definition) is 1. The minimum Gasteiger partial charge on any atom is -0.321 e. The summed E-state index contributed by atoms with van der Waals surface area (Å²) in [5.74, 6) is -0.275. The standard InChI is InChI=1S/C16H13NO3S/c1-11(21(19,20)12-7-3-2-4-8-12)15-13-9-5-6-10-14(13)16(18)17-15/h2-10H,1H3,(H,17,18)/b15-11-. The Labute approximate surface area is 123 Å². The van der Waals surface area contributed by atoms with Crippen LogP contribution < -0.4 is 5.32 Å². The Bertz CT molecular complexity index is 852. The zero-order valence-corrected chi connectivity index (χ0v) is 12.1. The number of carbonyl (C=O) groups is 1. The third-order valence-corrected chi connectivity index (χ3v) is 5.39. The molecule has 5 heteroatoms. The molecule has 106 valence electrons. The average molecular weight is 299 g/mol. The molecule has 0 fully saturated rings. The Kier molecular flexibility index (Phi) is 3.14. The number of benzene rings is 2. The lowest BCUT2D eigenvalue weighted by atomic mass is 10.1. The van der Waals surface area contributed by atoms with Crippen LogP contribution >= 0.6 is 0 Å². The highest BCUT2D eigenvalue weighted by Gasteiger charge is 2.29. The molecule has 1 N–H and O–H groups in total. The lowest BCUT2D eigenvalue weighted by Crippen LogP contribution is -2.15. The first-order valence-corrected chi connectivity index (χ1v) is 7.92. The first kappa shape index (κ1) is 13.6. The number of amides is 1. The highest BCUT2D eigenvalue weighted by atomic mass is 32.2. The summed E-state index contributed by atoms with van der Waals surface area (Å²) < 4.78 is 25.3. The Hall–Kier alpha value is -2.40. The number of rotatable bonds is 2. The summed E-state index contributed by atoms with van der Waals surface area (Å²) in [4.78, 5) is 12.3. The highest BCUT2D eigenvalue weighted by molar-refractivity contribution is 7.95. The van der Waals surface area contributed by atoms with Crippen LogP contribution in [0, 0.1) is 0 Å². The molecule has 4 nitrogen and oxygen atoms in total. The SMILES string of the molecule is C/C(=C1/NC(=O)c2ccccc21)S(=O)(=O)c1ccccc1. The summed E-state index contributed by atoms with van der Waals surface area (Å²) in [5.41, 5.74) is 1.48. The van der Waals surface area contributed by atoms with E-state index in [0.29, 0.717) is 16.8 Å². The molecule has 1 amide bonds. The molecule has 0 atom stereocenters. The zero-order valence-electron chi connectivity index (χ0n) is 11.3. The normalized spacial score (nSPS) is 16.3. The molecule has 1 heterocycles. The van der Waals surface area contributed by atoms with Crippen LogP contribution in [0.3, 0.4) is 0 Å². The maximum absolute atomic E-state index is 12.6. The second-order valence-electron chi connectivity index (χ2n) is 4.75. The fraction of sp³-hybridized carbons (Fsp3) is 0.0625. The number of carbonyl (C=O) groups excluding carboxylic acids is 1. The van der Waals surface area contributed by atoms with Gasteiger partial charge in [0.1, 0.15) is 0 Å². The molecule has 0 aliphatic carbocycles. The van der Waals surface area contributed by atoms with E-state index in [9.17, 15) is 13.2 Å². The fourth-order valence-corrected chi connectivity index (χ4v) is 3.63. The maximum atomic E-state index is 12.6. The van der Waals surface area contributed by atoms with Gasteiger partial charge < -0.3 is 5.32 Å². The largest absolute Gasteiger partial charge is 0.321 e. The van der Waals surface area contributed by atoms with Crippen molar-refractivity contribution in [2.45, 2.75) is 11.8 Å². The van der Waals surface area contributed by atoms with Crippen molar-refractivity contribution in [2.75, 3.05) is 0 Å². The monoisotopic (exact) mass is 299 g/mol. The van der Waals surface area contributed by atoms with Gasteiger partial charge in [-0.2, -0.15) is 0 Å². The molecule has 1 aliphatic rings. The summed E-state index contributed by atoms with van der Waals surface area (Å²) in [6, 6.07) is 15.1. The van der Waals surface area contributed by atoms with Gasteiger partial charge in [-0.25, -0.2) is 8.42 Å². The van der Waals surface area contributed by atoms with Gasteiger partial charge in [0.05, 0.1) is 15.5 Å². The maximum Gasteiger partial charge on any atom is 0.256 e. The third kappa shape index (κ3) is 2.15. The van der Waals surface area contributed by atoms with E-state index in [1.807, 2.05) is 0 Å². The van der Waals surface area contributed by atoms with Crippen molar-refractivity contribution >= 4 is 21.4 Å². The predicted octanol–water partition coefficient (Wildman–Crippen LogP) is 2.59. The van der Waals surface area contributed by atoms with Gasteiger partial charge in [0.15, 0.2) is 0 Å². The van der Waals surface area contributed by atoms with Gasteiger partial charge in [0.2, 0.25) is 9.84 Å². The highest BCUT2D eigenvalue weighted by Crippen LogP contribution is 2.31. The first-order valence-electron chi connectivity index (χ1n) is 6.43. The summed E-state index contributed by atoms with van der Waals surface area (Å²) >= 11 is 0. The Morgan fingerprint density at radius 2 is 1.48 bits per heavy atom. The van der Waals surface area contributed by atoms with Crippen LogP contribution in [0.4, 0.5) is 0 Å². The van der Waals surface area contributed by atoms with E-state index in [1.165, 1.54) is 6.92 Å². The summed E-state index contributed by atoms with van der Waals surface area (Å²) in [6.45, 7) is 1.51. The second kappa shape index (κ2) is 4.86. The van der Waals surface area contributed by atoms with E-state index < -0.39 is 9.84 Å². The van der Waals surface area contributed by atoms with E-state index in [1.54, 1.807) is 54.6 Å². The number of fused-ring (bicyclic) bond motifs is 1. The number of sulfone groups is 1. The number of allylic oxidation sites excluding steroid dienone is 1. The smallest absolute Gasteiger partial charge is 0.256 e. The van der Waals surface area contributed by atoms with Gasteiger partial charge in [0, 0.05) is 11.1 Å². The van der Waals surface area contributed by atoms with E-state index in [2.05, 4.69) is 5.32 Å². The third-order valence-electron chi connectivity index (χ3n) is 3.49. The molecular weight excluding hydrogens is 286 g/mol. The molecule has 2 aromatic carbocycles. The van der Waals surface area contributed by atoms with Crippen molar-refractivity contribution in [2.24, 2.45) is 0 Å². The molecule has 1 aliphatic heterocycles. The molecule has 0 spiro atoms. The quantitative estimate of drug-likeness (QED) is 0.927. The van der Waals surface area contributed by atoms with Crippen LogP contribution in [0.2, 0.25) is 0 Å². The molecule has 0 aromatic heterocycles. The van der Waals surface area contributed by atoms with Crippen molar-refractivity contribution in [1.29, 1.82) is 0 Å². The van der Waals surface area contributed by atoms with Crippen LogP contribution in [0.15, 0.2) is 64.4 Å². The van der Waals surface area contributed by atoms with Crippen LogP contribution in [0.1, 0.15) is 22.8 Å². The van der Waals surface area contributed by atoms with Crippen molar-refractivity contribution in [1.82, 2.24) is 5.32 Å². The van der Waals surface area contributed by atoms with Crippen LogP contribution in [-0.4, -0.2) is 14.3 Å². The van der Waals surface area contributed by atoms with Crippen molar-refractivity contribution in [3.8, 4) is 0 Å². The average Bonchev–Trinajstić information content (AvgIpc) is 2.85. The summed E-state index contributed by atoms with van der Waals surface area (Å²) in [5, 5.41) is 2.66.